The molecule has 0 amide bonds. The van der Waals surface area contributed by atoms with Crippen molar-refractivity contribution in [3.63, 3.8) is 0 Å². The molecule has 7 nitrogen and oxygen atoms in total. The normalized spacial score (nSPS) is 16.4. The molecule has 3 aromatic carbocycles. The van der Waals surface area contributed by atoms with Gasteiger partial charge in [0.1, 0.15) is 0 Å². The molecule has 0 N–H and O–H groups in total. The van der Waals surface area contributed by atoms with Gasteiger partial charge in [-0.05, 0) is 35.4 Å². The lowest BCUT2D eigenvalue weighted by Gasteiger charge is -2.23. The van der Waals surface area contributed by atoms with E-state index in [2.05, 4.69) is 5.10 Å². The van der Waals surface area contributed by atoms with Crippen molar-refractivity contribution in [1.82, 2.24) is 4.41 Å². The fraction of sp³-hybridized carbons (Fsp3) is 0.0952. The predicted molar refractivity (Wildman–Crippen MR) is 114 cm³/mol. The summed E-state index contributed by atoms with van der Waals surface area (Å²) in [6.45, 7) is 0. The van der Waals surface area contributed by atoms with E-state index in [-0.39, 0.29) is 17.0 Å². The molecular weight excluding hydrogens is 426 g/mol. The molecule has 1 atom stereocenters. The third-order valence-corrected chi connectivity index (χ3v) is 6.75. The summed E-state index contributed by atoms with van der Waals surface area (Å²) >= 11 is 5.96. The second kappa shape index (κ2) is 7.89. The van der Waals surface area contributed by atoms with Crippen molar-refractivity contribution in [3.8, 4) is 0 Å². The molecule has 3 aromatic rings. The SMILES string of the molecule is O=[N+]([O-])c1cccc([C@@H]2CC(c3ccc(Cl)cc3)=NN2S(=O)(=O)c2ccccc2)c1. The second-order valence-corrected chi connectivity index (χ2v) is 8.95. The Morgan fingerprint density at radius 3 is 2.37 bits per heavy atom. The largest absolute Gasteiger partial charge is 0.279 e. The zero-order valence-corrected chi connectivity index (χ0v) is 17.1. The van der Waals surface area contributed by atoms with Gasteiger partial charge >= 0.3 is 0 Å². The van der Waals surface area contributed by atoms with Gasteiger partial charge in [-0.3, -0.25) is 10.1 Å². The van der Waals surface area contributed by atoms with E-state index in [9.17, 15) is 18.5 Å². The summed E-state index contributed by atoms with van der Waals surface area (Å²) in [5.41, 5.74) is 1.68. The number of non-ortho nitro benzene ring substituents is 1. The first-order valence-electron chi connectivity index (χ1n) is 9.03. The zero-order valence-electron chi connectivity index (χ0n) is 15.6. The van der Waals surface area contributed by atoms with E-state index < -0.39 is 21.0 Å². The molecule has 0 unspecified atom stereocenters. The number of hydrogen-bond acceptors (Lipinski definition) is 5. The smallest absolute Gasteiger partial charge is 0.258 e. The molecule has 152 valence electrons. The highest BCUT2D eigenvalue weighted by Crippen LogP contribution is 2.38. The summed E-state index contributed by atoms with van der Waals surface area (Å²) in [7, 11) is -3.97. The molecule has 0 aromatic heterocycles. The summed E-state index contributed by atoms with van der Waals surface area (Å²) < 4.78 is 27.7. The Balaban J connectivity index is 1.81. The molecule has 0 spiro atoms. The van der Waals surface area contributed by atoms with Gasteiger partial charge in [0.25, 0.3) is 15.7 Å². The maximum absolute atomic E-state index is 13.3. The molecule has 0 saturated carbocycles. The maximum atomic E-state index is 13.3. The Morgan fingerprint density at radius 1 is 1.00 bits per heavy atom. The Hall–Kier alpha value is -3.23. The average molecular weight is 442 g/mol. The minimum Gasteiger partial charge on any atom is -0.258 e. The van der Waals surface area contributed by atoms with Crippen molar-refractivity contribution in [2.45, 2.75) is 17.4 Å². The molecule has 1 aliphatic heterocycles. The van der Waals surface area contributed by atoms with Crippen LogP contribution in [0.2, 0.25) is 5.02 Å². The minimum absolute atomic E-state index is 0.0986. The van der Waals surface area contributed by atoms with E-state index in [0.29, 0.717) is 16.3 Å². The van der Waals surface area contributed by atoms with Crippen LogP contribution in [0.25, 0.3) is 0 Å². The summed E-state index contributed by atoms with van der Waals surface area (Å²) in [6.07, 6.45) is 0.273. The lowest BCUT2D eigenvalue weighted by atomic mass is 9.99. The first-order valence-corrected chi connectivity index (χ1v) is 10.9. The summed E-state index contributed by atoms with van der Waals surface area (Å²) in [4.78, 5) is 10.8. The average Bonchev–Trinajstić information content (AvgIpc) is 3.21. The first-order chi connectivity index (χ1) is 14.4. The number of rotatable bonds is 5. The predicted octanol–water partition coefficient (Wildman–Crippen LogP) is 4.79. The topological polar surface area (TPSA) is 92.9 Å². The number of nitrogens with zero attached hydrogens (tertiary/aromatic N) is 3. The van der Waals surface area contributed by atoms with Gasteiger partial charge in [-0.15, -0.1) is 0 Å². The van der Waals surface area contributed by atoms with Crippen LogP contribution in [0, 0.1) is 10.1 Å². The number of halogens is 1. The highest BCUT2D eigenvalue weighted by Gasteiger charge is 2.38. The quantitative estimate of drug-likeness (QED) is 0.420. The van der Waals surface area contributed by atoms with Crippen molar-refractivity contribution in [2.75, 3.05) is 0 Å². The summed E-state index contributed by atoms with van der Waals surface area (Å²) in [6, 6.07) is 20.2. The van der Waals surface area contributed by atoms with Gasteiger partial charge in [-0.2, -0.15) is 17.9 Å². The number of nitro groups is 1. The van der Waals surface area contributed by atoms with E-state index in [4.69, 9.17) is 11.6 Å². The number of hydrazone groups is 1. The van der Waals surface area contributed by atoms with Crippen molar-refractivity contribution in [2.24, 2.45) is 5.10 Å². The standard InChI is InChI=1S/C21H16ClN3O4S/c22-17-11-9-15(10-12-17)20-14-21(16-5-4-6-18(13-16)25(26)27)24(23-20)30(28,29)19-7-2-1-3-8-19/h1-13,21H,14H2/t21-/m0/s1. The van der Waals surface area contributed by atoms with Gasteiger partial charge in [-0.25, -0.2) is 0 Å². The molecule has 0 aliphatic carbocycles. The van der Waals surface area contributed by atoms with Crippen LogP contribution in [0.15, 0.2) is 88.9 Å². The highest BCUT2D eigenvalue weighted by atomic mass is 35.5. The number of hydrogen-bond donors (Lipinski definition) is 0. The Bertz CT molecular complexity index is 1230. The first kappa shape index (κ1) is 20.1. The van der Waals surface area contributed by atoms with Crippen molar-refractivity contribution in [1.29, 1.82) is 0 Å². The number of sulfonamides is 1. The lowest BCUT2D eigenvalue weighted by Crippen LogP contribution is -2.27. The van der Waals surface area contributed by atoms with Crippen molar-refractivity contribution >= 4 is 33.0 Å². The van der Waals surface area contributed by atoms with Crippen LogP contribution < -0.4 is 0 Å². The minimum atomic E-state index is -3.97. The molecule has 4 rings (SSSR count). The molecule has 30 heavy (non-hydrogen) atoms. The van der Waals surface area contributed by atoms with Crippen LogP contribution >= 0.6 is 11.6 Å². The van der Waals surface area contributed by atoms with E-state index in [1.54, 1.807) is 54.6 Å². The van der Waals surface area contributed by atoms with Gasteiger partial charge in [0.2, 0.25) is 0 Å². The van der Waals surface area contributed by atoms with Crippen LogP contribution in [-0.4, -0.2) is 23.5 Å². The lowest BCUT2D eigenvalue weighted by molar-refractivity contribution is -0.384. The molecule has 1 heterocycles. The maximum Gasteiger partial charge on any atom is 0.279 e. The van der Waals surface area contributed by atoms with Crippen molar-refractivity contribution in [3.05, 3.63) is 105 Å². The molecule has 9 heteroatoms. The van der Waals surface area contributed by atoms with Gasteiger partial charge < -0.3 is 0 Å². The van der Waals surface area contributed by atoms with Gasteiger partial charge in [-0.1, -0.05) is 54.1 Å². The Labute approximate surface area is 178 Å². The van der Waals surface area contributed by atoms with Crippen LogP contribution in [0.3, 0.4) is 0 Å². The third-order valence-electron chi connectivity index (χ3n) is 4.80. The van der Waals surface area contributed by atoms with Crippen molar-refractivity contribution < 1.29 is 13.3 Å². The molecule has 0 saturated heterocycles. The van der Waals surface area contributed by atoms with Crippen LogP contribution in [-0.2, 0) is 10.0 Å². The number of nitro benzene ring substituents is 1. The monoisotopic (exact) mass is 441 g/mol. The summed E-state index contributed by atoms with van der Waals surface area (Å²) in [5.74, 6) is 0. The Kier molecular flexibility index (Phi) is 5.27. The van der Waals surface area contributed by atoms with E-state index in [0.717, 1.165) is 9.98 Å². The third kappa shape index (κ3) is 3.79. The molecular formula is C21H16ClN3O4S. The Morgan fingerprint density at radius 2 is 1.70 bits per heavy atom. The highest BCUT2D eigenvalue weighted by molar-refractivity contribution is 7.89. The molecule has 0 bridgehead atoms. The van der Waals surface area contributed by atoms with Gasteiger partial charge in [0, 0.05) is 23.6 Å². The molecule has 0 radical (unpaired) electrons. The van der Waals surface area contributed by atoms with E-state index in [1.165, 1.54) is 24.3 Å². The van der Waals surface area contributed by atoms with Gasteiger partial charge in [0.05, 0.1) is 21.6 Å². The van der Waals surface area contributed by atoms with Crippen LogP contribution in [0.5, 0.6) is 0 Å². The van der Waals surface area contributed by atoms with E-state index in [1.807, 2.05) is 0 Å². The summed E-state index contributed by atoms with van der Waals surface area (Å²) in [5, 5.41) is 16.2. The second-order valence-electron chi connectivity index (χ2n) is 6.72. The zero-order chi connectivity index (χ0) is 21.3. The van der Waals surface area contributed by atoms with Crippen LogP contribution in [0.4, 0.5) is 5.69 Å². The molecule has 1 aliphatic rings. The molecule has 0 fully saturated rings. The fourth-order valence-corrected chi connectivity index (χ4v) is 4.90. The fourth-order valence-electron chi connectivity index (χ4n) is 3.32. The van der Waals surface area contributed by atoms with E-state index >= 15 is 0 Å². The van der Waals surface area contributed by atoms with Crippen LogP contribution in [0.1, 0.15) is 23.6 Å². The number of benzene rings is 3. The van der Waals surface area contributed by atoms with Gasteiger partial charge in [0.15, 0.2) is 0 Å².